The molecule has 1 aliphatic rings. The Morgan fingerprint density at radius 2 is 2.33 bits per heavy atom. The minimum Gasteiger partial charge on any atom is -0.501 e. The second-order valence-electron chi connectivity index (χ2n) is 2.82. The van der Waals surface area contributed by atoms with Gasteiger partial charge in [0, 0.05) is 0 Å². The van der Waals surface area contributed by atoms with Gasteiger partial charge in [0.2, 0.25) is 0 Å². The van der Waals surface area contributed by atoms with Crippen LogP contribution in [-0.4, -0.2) is 6.61 Å². The lowest BCUT2D eigenvalue weighted by Gasteiger charge is -2.15. The number of hydrogen-bond donors (Lipinski definition) is 0. The van der Waals surface area contributed by atoms with Gasteiger partial charge in [0.25, 0.3) is 0 Å². The standard InChI is InChI=1S/C8H14O/c1-7(2)8-4-3-5-9-6-8/h6-7H,3-5H2,1-2H3. The van der Waals surface area contributed by atoms with Crippen LogP contribution in [0.1, 0.15) is 26.7 Å². The molecule has 0 amide bonds. The lowest BCUT2D eigenvalue weighted by molar-refractivity contribution is 0.219. The monoisotopic (exact) mass is 126 g/mol. The normalized spacial score (nSPS) is 19.2. The molecular formula is C8H14O. The molecule has 0 bridgehead atoms. The van der Waals surface area contributed by atoms with Gasteiger partial charge in [-0.3, -0.25) is 0 Å². The van der Waals surface area contributed by atoms with Crippen LogP contribution in [0.3, 0.4) is 0 Å². The molecule has 0 aliphatic carbocycles. The molecule has 0 saturated heterocycles. The summed E-state index contributed by atoms with van der Waals surface area (Å²) in [6.07, 6.45) is 4.36. The maximum absolute atomic E-state index is 5.18. The van der Waals surface area contributed by atoms with Crippen LogP contribution in [0.4, 0.5) is 0 Å². The van der Waals surface area contributed by atoms with Gasteiger partial charge in [-0.25, -0.2) is 0 Å². The fourth-order valence-corrected chi connectivity index (χ4v) is 1.01. The number of rotatable bonds is 1. The Hall–Kier alpha value is -0.460. The van der Waals surface area contributed by atoms with Gasteiger partial charge in [-0.15, -0.1) is 0 Å². The Bertz CT molecular complexity index is 114. The van der Waals surface area contributed by atoms with Gasteiger partial charge in [0.05, 0.1) is 12.9 Å². The van der Waals surface area contributed by atoms with Crippen molar-refractivity contribution in [3.63, 3.8) is 0 Å². The first-order chi connectivity index (χ1) is 4.30. The Labute approximate surface area is 56.7 Å². The van der Waals surface area contributed by atoms with Gasteiger partial charge in [0.15, 0.2) is 0 Å². The van der Waals surface area contributed by atoms with E-state index >= 15 is 0 Å². The van der Waals surface area contributed by atoms with Crippen LogP contribution in [-0.2, 0) is 4.74 Å². The second-order valence-corrected chi connectivity index (χ2v) is 2.82. The van der Waals surface area contributed by atoms with Gasteiger partial charge < -0.3 is 4.74 Å². The molecule has 0 atom stereocenters. The molecule has 0 radical (unpaired) electrons. The van der Waals surface area contributed by atoms with Crippen molar-refractivity contribution in [2.75, 3.05) is 6.61 Å². The predicted molar refractivity (Wildman–Crippen MR) is 38.1 cm³/mol. The summed E-state index contributed by atoms with van der Waals surface area (Å²) in [7, 11) is 0. The zero-order valence-corrected chi connectivity index (χ0v) is 6.18. The molecule has 0 spiro atoms. The second kappa shape index (κ2) is 2.90. The van der Waals surface area contributed by atoms with Gasteiger partial charge in [-0.1, -0.05) is 13.8 Å². The van der Waals surface area contributed by atoms with Crippen LogP contribution < -0.4 is 0 Å². The van der Waals surface area contributed by atoms with Gasteiger partial charge in [-0.2, -0.15) is 0 Å². The van der Waals surface area contributed by atoms with Crippen LogP contribution in [0, 0.1) is 5.92 Å². The first kappa shape index (κ1) is 6.66. The van der Waals surface area contributed by atoms with E-state index in [0.29, 0.717) is 5.92 Å². The molecular weight excluding hydrogens is 112 g/mol. The minimum atomic E-state index is 0.672. The quantitative estimate of drug-likeness (QED) is 0.524. The van der Waals surface area contributed by atoms with Crippen molar-refractivity contribution in [1.29, 1.82) is 0 Å². The summed E-state index contributed by atoms with van der Waals surface area (Å²) >= 11 is 0. The molecule has 0 N–H and O–H groups in total. The Morgan fingerprint density at radius 1 is 1.56 bits per heavy atom. The largest absolute Gasteiger partial charge is 0.501 e. The third-order valence-corrected chi connectivity index (χ3v) is 1.70. The maximum atomic E-state index is 5.18. The van der Waals surface area contributed by atoms with Crippen molar-refractivity contribution in [2.45, 2.75) is 26.7 Å². The summed E-state index contributed by atoms with van der Waals surface area (Å²) in [5.41, 5.74) is 1.46. The van der Waals surface area contributed by atoms with E-state index in [9.17, 15) is 0 Å². The fraction of sp³-hybridized carbons (Fsp3) is 0.750. The molecule has 0 saturated carbocycles. The highest BCUT2D eigenvalue weighted by Crippen LogP contribution is 2.19. The molecule has 1 aliphatic heterocycles. The van der Waals surface area contributed by atoms with Gasteiger partial charge in [0.1, 0.15) is 0 Å². The molecule has 1 heterocycles. The van der Waals surface area contributed by atoms with E-state index in [1.165, 1.54) is 18.4 Å². The van der Waals surface area contributed by atoms with Gasteiger partial charge in [-0.05, 0) is 24.3 Å². The van der Waals surface area contributed by atoms with Crippen LogP contribution in [0.25, 0.3) is 0 Å². The summed E-state index contributed by atoms with van der Waals surface area (Å²) < 4.78 is 5.18. The van der Waals surface area contributed by atoms with Crippen molar-refractivity contribution in [1.82, 2.24) is 0 Å². The van der Waals surface area contributed by atoms with E-state index in [4.69, 9.17) is 4.74 Å². The maximum Gasteiger partial charge on any atom is 0.0876 e. The van der Waals surface area contributed by atoms with Crippen molar-refractivity contribution >= 4 is 0 Å². The highest BCUT2D eigenvalue weighted by molar-refractivity contribution is 5.02. The van der Waals surface area contributed by atoms with Crippen LogP contribution in [0.15, 0.2) is 11.8 Å². The topological polar surface area (TPSA) is 9.23 Å². The summed E-state index contributed by atoms with van der Waals surface area (Å²) in [6.45, 7) is 5.33. The van der Waals surface area contributed by atoms with Crippen molar-refractivity contribution < 1.29 is 4.74 Å². The molecule has 0 unspecified atom stereocenters. The van der Waals surface area contributed by atoms with Crippen molar-refractivity contribution in [3.8, 4) is 0 Å². The summed E-state index contributed by atoms with van der Waals surface area (Å²) in [6, 6.07) is 0. The number of hydrogen-bond acceptors (Lipinski definition) is 1. The highest BCUT2D eigenvalue weighted by atomic mass is 16.5. The van der Waals surface area contributed by atoms with E-state index in [0.717, 1.165) is 6.61 Å². The Kier molecular flexibility index (Phi) is 2.15. The summed E-state index contributed by atoms with van der Waals surface area (Å²) in [4.78, 5) is 0. The number of allylic oxidation sites excluding steroid dienone is 1. The van der Waals surface area contributed by atoms with Crippen LogP contribution in [0.5, 0.6) is 0 Å². The summed E-state index contributed by atoms with van der Waals surface area (Å²) in [5, 5.41) is 0. The SMILES string of the molecule is CC(C)C1=COCCC1. The highest BCUT2D eigenvalue weighted by Gasteiger charge is 2.06. The average Bonchev–Trinajstić information content (AvgIpc) is 1.90. The van der Waals surface area contributed by atoms with Crippen molar-refractivity contribution in [3.05, 3.63) is 11.8 Å². The third kappa shape index (κ3) is 1.74. The molecule has 1 heteroatoms. The van der Waals surface area contributed by atoms with Crippen LogP contribution >= 0.6 is 0 Å². The van der Waals surface area contributed by atoms with E-state index < -0.39 is 0 Å². The van der Waals surface area contributed by atoms with E-state index in [1.807, 2.05) is 6.26 Å². The Balaban J connectivity index is 2.46. The molecule has 1 nitrogen and oxygen atoms in total. The van der Waals surface area contributed by atoms with E-state index in [1.54, 1.807) is 0 Å². The lowest BCUT2D eigenvalue weighted by atomic mass is 9.99. The molecule has 9 heavy (non-hydrogen) atoms. The predicted octanol–water partition coefficient (Wildman–Crippen LogP) is 2.34. The molecule has 52 valence electrons. The molecule has 0 aromatic rings. The van der Waals surface area contributed by atoms with E-state index in [-0.39, 0.29) is 0 Å². The van der Waals surface area contributed by atoms with Gasteiger partial charge >= 0.3 is 0 Å². The Morgan fingerprint density at radius 3 is 2.67 bits per heavy atom. The average molecular weight is 126 g/mol. The van der Waals surface area contributed by atoms with Crippen molar-refractivity contribution in [2.24, 2.45) is 5.92 Å². The first-order valence-corrected chi connectivity index (χ1v) is 3.61. The fourth-order valence-electron chi connectivity index (χ4n) is 1.01. The molecule has 1 rings (SSSR count). The number of ether oxygens (including phenoxy) is 1. The smallest absolute Gasteiger partial charge is 0.0876 e. The lowest BCUT2D eigenvalue weighted by Crippen LogP contribution is -2.03. The van der Waals surface area contributed by atoms with E-state index in [2.05, 4.69) is 13.8 Å². The molecule has 0 aromatic carbocycles. The third-order valence-electron chi connectivity index (χ3n) is 1.70. The first-order valence-electron chi connectivity index (χ1n) is 3.61. The molecule has 0 fully saturated rings. The summed E-state index contributed by atoms with van der Waals surface area (Å²) in [5.74, 6) is 0.672. The van der Waals surface area contributed by atoms with Crippen LogP contribution in [0.2, 0.25) is 0 Å². The molecule has 0 aromatic heterocycles. The zero-order chi connectivity index (χ0) is 6.69. The zero-order valence-electron chi connectivity index (χ0n) is 6.18. The minimum absolute atomic E-state index is 0.672.